The van der Waals surface area contributed by atoms with Crippen LogP contribution in [0.5, 0.6) is 5.75 Å². The van der Waals surface area contributed by atoms with Crippen molar-refractivity contribution in [2.75, 3.05) is 18.7 Å². The van der Waals surface area contributed by atoms with Crippen LogP contribution < -0.4 is 15.0 Å². The summed E-state index contributed by atoms with van der Waals surface area (Å²) in [5, 5.41) is 2.81. The zero-order valence-corrected chi connectivity index (χ0v) is 12.8. The van der Waals surface area contributed by atoms with Gasteiger partial charge < -0.3 is 15.0 Å². The molecule has 20 heavy (non-hydrogen) atoms. The summed E-state index contributed by atoms with van der Waals surface area (Å²) in [4.78, 5) is 13.2. The van der Waals surface area contributed by atoms with Gasteiger partial charge in [-0.15, -0.1) is 0 Å². The maximum Gasteiger partial charge on any atom is 0.246 e. The molecule has 4 nitrogen and oxygen atoms in total. The second-order valence-electron chi connectivity index (χ2n) is 6.08. The largest absolute Gasteiger partial charge is 0.496 e. The van der Waals surface area contributed by atoms with Gasteiger partial charge in [-0.25, -0.2) is 0 Å². The molecular weight excluding hydrogens is 252 g/mol. The summed E-state index contributed by atoms with van der Waals surface area (Å²) in [6, 6.07) is 4.21. The van der Waals surface area contributed by atoms with Gasteiger partial charge in [-0.3, -0.25) is 4.79 Å². The van der Waals surface area contributed by atoms with Gasteiger partial charge in [0.2, 0.25) is 5.91 Å². The molecule has 2 rings (SSSR count). The Morgan fingerprint density at radius 1 is 1.30 bits per heavy atom. The summed E-state index contributed by atoms with van der Waals surface area (Å²) >= 11 is 0. The molecule has 1 aliphatic rings. The maximum atomic E-state index is 11.2. The Kier molecular flexibility index (Phi) is 3.75. The first-order chi connectivity index (χ1) is 9.32. The number of hydrogen-bond donors (Lipinski definition) is 1. The number of benzene rings is 1. The summed E-state index contributed by atoms with van der Waals surface area (Å²) in [5.41, 5.74) is 3.32. The molecule has 0 spiro atoms. The minimum Gasteiger partial charge on any atom is -0.496 e. The molecule has 1 aromatic rings. The third kappa shape index (κ3) is 2.79. The van der Waals surface area contributed by atoms with Crippen LogP contribution in [0.2, 0.25) is 0 Å². The van der Waals surface area contributed by atoms with E-state index >= 15 is 0 Å². The van der Waals surface area contributed by atoms with E-state index < -0.39 is 0 Å². The highest BCUT2D eigenvalue weighted by molar-refractivity contribution is 5.89. The normalized spacial score (nSPS) is 15.2. The summed E-state index contributed by atoms with van der Waals surface area (Å²) in [5.74, 6) is 0.883. The van der Waals surface area contributed by atoms with Gasteiger partial charge >= 0.3 is 0 Å². The fraction of sp³-hybridized carbons (Fsp3) is 0.438. The summed E-state index contributed by atoms with van der Waals surface area (Å²) in [6.45, 7) is 9.04. The molecule has 1 aliphatic heterocycles. The molecule has 0 unspecified atom stereocenters. The zero-order chi connectivity index (χ0) is 14.9. The van der Waals surface area contributed by atoms with E-state index in [-0.39, 0.29) is 11.3 Å². The molecule has 108 valence electrons. The topological polar surface area (TPSA) is 41.6 Å². The maximum absolute atomic E-state index is 11.2. The fourth-order valence-corrected chi connectivity index (χ4v) is 2.36. The molecule has 0 aromatic heterocycles. The van der Waals surface area contributed by atoms with Crippen molar-refractivity contribution in [3.05, 3.63) is 35.5 Å². The van der Waals surface area contributed by atoms with Gasteiger partial charge in [0.15, 0.2) is 0 Å². The van der Waals surface area contributed by atoms with Crippen molar-refractivity contribution in [3.8, 4) is 5.75 Å². The van der Waals surface area contributed by atoms with Crippen molar-refractivity contribution in [1.29, 1.82) is 0 Å². The lowest BCUT2D eigenvalue weighted by Crippen LogP contribution is -2.38. The van der Waals surface area contributed by atoms with Crippen molar-refractivity contribution >= 4 is 11.6 Å². The van der Waals surface area contributed by atoms with Crippen molar-refractivity contribution < 1.29 is 9.53 Å². The van der Waals surface area contributed by atoms with Crippen molar-refractivity contribution in [2.24, 2.45) is 0 Å². The molecule has 0 saturated carbocycles. The number of nitrogens with one attached hydrogen (secondary N) is 1. The Bertz CT molecular complexity index is 556. The smallest absolute Gasteiger partial charge is 0.246 e. The Hall–Kier alpha value is -1.97. The standard InChI is InChI=1S/C16H22N2O2/c1-11-8-12(18-7-6-14(19)17-10-18)9-13(15(11)20-5)16(2,3)4/h6-9H,10H2,1-5H3,(H,17,19). The van der Waals surface area contributed by atoms with Crippen LogP contribution in [-0.4, -0.2) is 19.7 Å². The highest BCUT2D eigenvalue weighted by Gasteiger charge is 2.22. The number of rotatable bonds is 2. The molecule has 4 heteroatoms. The van der Waals surface area contributed by atoms with E-state index in [9.17, 15) is 4.79 Å². The number of methoxy groups -OCH3 is 1. The van der Waals surface area contributed by atoms with Gasteiger partial charge in [-0.05, 0) is 30.0 Å². The van der Waals surface area contributed by atoms with Gasteiger partial charge in [0.25, 0.3) is 0 Å². The van der Waals surface area contributed by atoms with E-state index in [1.54, 1.807) is 13.2 Å². The van der Waals surface area contributed by atoms with Crippen molar-refractivity contribution in [2.45, 2.75) is 33.1 Å². The first kappa shape index (κ1) is 14.4. The van der Waals surface area contributed by atoms with Crippen LogP contribution in [0.15, 0.2) is 24.4 Å². The van der Waals surface area contributed by atoms with Gasteiger partial charge in [0, 0.05) is 23.5 Å². The number of amides is 1. The first-order valence-electron chi connectivity index (χ1n) is 6.74. The van der Waals surface area contributed by atoms with E-state index in [1.165, 1.54) is 5.56 Å². The average Bonchev–Trinajstić information content (AvgIpc) is 2.37. The number of anilines is 1. The fourth-order valence-electron chi connectivity index (χ4n) is 2.36. The Balaban J connectivity index is 2.49. The Labute approximate surface area is 120 Å². The number of carbonyl (C=O) groups excluding carboxylic acids is 1. The zero-order valence-electron chi connectivity index (χ0n) is 12.8. The second kappa shape index (κ2) is 5.19. The quantitative estimate of drug-likeness (QED) is 0.901. The third-order valence-electron chi connectivity index (χ3n) is 3.43. The van der Waals surface area contributed by atoms with Crippen molar-refractivity contribution in [3.63, 3.8) is 0 Å². The van der Waals surface area contributed by atoms with E-state index in [0.717, 1.165) is 17.0 Å². The van der Waals surface area contributed by atoms with Crippen LogP contribution in [0, 0.1) is 6.92 Å². The predicted molar refractivity (Wildman–Crippen MR) is 81.1 cm³/mol. The molecule has 0 fully saturated rings. The molecule has 1 aromatic carbocycles. The van der Waals surface area contributed by atoms with Crippen LogP contribution >= 0.6 is 0 Å². The minimum atomic E-state index is -0.0532. The highest BCUT2D eigenvalue weighted by atomic mass is 16.5. The second-order valence-corrected chi connectivity index (χ2v) is 6.08. The minimum absolute atomic E-state index is 0.00510. The van der Waals surface area contributed by atoms with Crippen LogP contribution in [0.3, 0.4) is 0 Å². The number of nitrogens with zero attached hydrogens (tertiary/aromatic N) is 1. The summed E-state index contributed by atoms with van der Waals surface area (Å²) in [6.07, 6.45) is 3.35. The lowest BCUT2D eigenvalue weighted by Gasteiger charge is -2.29. The first-order valence-corrected chi connectivity index (χ1v) is 6.74. The molecule has 0 bridgehead atoms. The van der Waals surface area contributed by atoms with E-state index in [0.29, 0.717) is 6.67 Å². The average molecular weight is 274 g/mol. The Morgan fingerprint density at radius 2 is 2.00 bits per heavy atom. The van der Waals surface area contributed by atoms with E-state index in [2.05, 4.69) is 38.2 Å². The lowest BCUT2D eigenvalue weighted by molar-refractivity contribution is -0.116. The summed E-state index contributed by atoms with van der Waals surface area (Å²) in [7, 11) is 1.71. The molecule has 0 saturated heterocycles. The molecule has 0 radical (unpaired) electrons. The van der Waals surface area contributed by atoms with Gasteiger partial charge in [-0.2, -0.15) is 0 Å². The molecular formula is C16H22N2O2. The van der Waals surface area contributed by atoms with Crippen LogP contribution in [0.25, 0.3) is 0 Å². The van der Waals surface area contributed by atoms with Crippen molar-refractivity contribution in [1.82, 2.24) is 5.32 Å². The van der Waals surface area contributed by atoms with E-state index in [1.807, 2.05) is 18.0 Å². The van der Waals surface area contributed by atoms with Gasteiger partial charge in [-0.1, -0.05) is 20.8 Å². The van der Waals surface area contributed by atoms with E-state index in [4.69, 9.17) is 4.74 Å². The number of aryl methyl sites for hydroxylation is 1. The molecule has 0 atom stereocenters. The van der Waals surface area contributed by atoms with Crippen LogP contribution in [0.4, 0.5) is 5.69 Å². The molecule has 1 heterocycles. The molecule has 1 N–H and O–H groups in total. The van der Waals surface area contributed by atoms with Crippen LogP contribution in [0.1, 0.15) is 31.9 Å². The van der Waals surface area contributed by atoms with Gasteiger partial charge in [0.05, 0.1) is 13.8 Å². The lowest BCUT2D eigenvalue weighted by atomic mass is 9.84. The number of carbonyl (C=O) groups is 1. The van der Waals surface area contributed by atoms with Crippen LogP contribution in [-0.2, 0) is 10.2 Å². The van der Waals surface area contributed by atoms with Gasteiger partial charge in [0.1, 0.15) is 5.75 Å². The summed E-state index contributed by atoms with van der Waals surface area (Å²) < 4.78 is 5.56. The predicted octanol–water partition coefficient (Wildman–Crippen LogP) is 2.71. The third-order valence-corrected chi connectivity index (χ3v) is 3.43. The monoisotopic (exact) mass is 274 g/mol. The Morgan fingerprint density at radius 3 is 2.50 bits per heavy atom. The molecule has 0 aliphatic carbocycles. The highest BCUT2D eigenvalue weighted by Crippen LogP contribution is 2.37. The number of ether oxygens (including phenoxy) is 1. The SMILES string of the molecule is COc1c(C)cc(N2C=CC(=O)NC2)cc1C(C)(C)C. The number of hydrogen-bond acceptors (Lipinski definition) is 3. The molecule has 1 amide bonds.